The fourth-order valence-corrected chi connectivity index (χ4v) is 2.21. The number of rotatable bonds is 0. The zero-order valence-electron chi connectivity index (χ0n) is 8.70. The molecule has 0 fully saturated rings. The van der Waals surface area contributed by atoms with Gasteiger partial charge in [-0.3, -0.25) is 4.79 Å². The normalized spacial score (nSPS) is 16.2. The lowest BCUT2D eigenvalue weighted by molar-refractivity contribution is 0.104. The molecule has 0 aliphatic carbocycles. The molecule has 0 amide bonds. The Morgan fingerprint density at radius 1 is 1.21 bits per heavy atom. The zero-order chi connectivity index (χ0) is 10.6. The Bertz CT molecular complexity index is 366. The molecule has 1 heterocycles. The summed E-state index contributed by atoms with van der Waals surface area (Å²) >= 11 is 1.56. The van der Waals surface area contributed by atoms with E-state index >= 15 is 0 Å². The van der Waals surface area contributed by atoms with Gasteiger partial charge < -0.3 is 0 Å². The molecule has 1 aromatic rings. The van der Waals surface area contributed by atoms with Gasteiger partial charge in [0.15, 0.2) is 5.78 Å². The highest BCUT2D eigenvalue weighted by Crippen LogP contribution is 2.39. The maximum atomic E-state index is 11.5. The van der Waals surface area contributed by atoms with Crippen molar-refractivity contribution in [1.82, 2.24) is 0 Å². The quantitative estimate of drug-likeness (QED) is 0.599. The van der Waals surface area contributed by atoms with Gasteiger partial charge in [-0.05, 0) is 19.1 Å². The molecule has 2 heteroatoms. The first-order chi connectivity index (χ1) is 6.83. The van der Waals surface area contributed by atoms with Crippen molar-refractivity contribution in [2.75, 3.05) is 0 Å². The third kappa shape index (κ3) is 1.90. The maximum Gasteiger partial charge on any atom is 0.200 e. The number of ketones is 1. The minimum atomic E-state index is 0.165. The van der Waals surface area contributed by atoms with Gasteiger partial charge in [-0.1, -0.05) is 43.8 Å². The van der Waals surface area contributed by atoms with Crippen molar-refractivity contribution < 1.29 is 4.79 Å². The second kappa shape index (κ2) is 5.01. The molecule has 74 valence electrons. The third-order valence-corrected chi connectivity index (χ3v) is 3.05. The molecule has 0 N–H and O–H groups in total. The maximum absolute atomic E-state index is 11.5. The van der Waals surface area contributed by atoms with E-state index in [1.54, 1.807) is 11.8 Å². The second-order valence-electron chi connectivity index (χ2n) is 2.58. The zero-order valence-corrected chi connectivity index (χ0v) is 9.52. The van der Waals surface area contributed by atoms with Gasteiger partial charge in [-0.15, -0.1) is 0 Å². The number of carbonyl (C=O) groups excluding carboxylic acids is 1. The van der Waals surface area contributed by atoms with E-state index in [1.807, 2.05) is 51.1 Å². The van der Waals surface area contributed by atoms with Crippen LogP contribution in [-0.2, 0) is 0 Å². The smallest absolute Gasteiger partial charge is 0.200 e. The van der Waals surface area contributed by atoms with E-state index < -0.39 is 0 Å². The van der Waals surface area contributed by atoms with E-state index in [-0.39, 0.29) is 5.78 Å². The molecule has 0 bridgehead atoms. The molecule has 0 unspecified atom stereocenters. The monoisotopic (exact) mass is 206 g/mol. The first-order valence-electron chi connectivity index (χ1n) is 4.81. The molecule has 0 saturated heterocycles. The Balaban J connectivity index is 0.000000461. The number of Topliss-reactive ketones (excluding diaryl/α,β-unsaturated/α-hetero) is 1. The lowest BCUT2D eigenvalue weighted by atomic mass is 10.1. The molecule has 14 heavy (non-hydrogen) atoms. The minimum absolute atomic E-state index is 0.165. The van der Waals surface area contributed by atoms with Crippen LogP contribution in [0.3, 0.4) is 0 Å². The second-order valence-corrected chi connectivity index (χ2v) is 3.66. The lowest BCUT2D eigenvalue weighted by Gasteiger charge is -1.90. The minimum Gasteiger partial charge on any atom is -0.288 e. The van der Waals surface area contributed by atoms with E-state index in [0.717, 1.165) is 15.4 Å². The van der Waals surface area contributed by atoms with Gasteiger partial charge in [0.05, 0.1) is 4.91 Å². The van der Waals surface area contributed by atoms with Gasteiger partial charge in [0.25, 0.3) is 0 Å². The SMILES string of the molecule is C/C=C1/Sc2ccccc2C1=O.CC. The van der Waals surface area contributed by atoms with E-state index in [1.165, 1.54) is 0 Å². The van der Waals surface area contributed by atoms with Crippen LogP contribution in [0.1, 0.15) is 31.1 Å². The number of benzene rings is 1. The largest absolute Gasteiger partial charge is 0.288 e. The molecule has 1 nitrogen and oxygen atoms in total. The summed E-state index contributed by atoms with van der Waals surface area (Å²) in [4.78, 5) is 13.5. The van der Waals surface area contributed by atoms with E-state index in [2.05, 4.69) is 0 Å². The Kier molecular flexibility index (Phi) is 3.96. The molecule has 0 atom stereocenters. The Hall–Kier alpha value is -1.02. The van der Waals surface area contributed by atoms with Crippen LogP contribution >= 0.6 is 11.8 Å². The summed E-state index contributed by atoms with van der Waals surface area (Å²) < 4.78 is 0. The van der Waals surface area contributed by atoms with Crippen molar-refractivity contribution in [3.8, 4) is 0 Å². The third-order valence-electron chi connectivity index (χ3n) is 1.84. The molecule has 1 aromatic carbocycles. The Morgan fingerprint density at radius 3 is 2.43 bits per heavy atom. The fourth-order valence-electron chi connectivity index (χ4n) is 1.23. The fraction of sp³-hybridized carbons (Fsp3) is 0.250. The highest BCUT2D eigenvalue weighted by Gasteiger charge is 2.23. The molecule has 0 radical (unpaired) electrons. The number of allylic oxidation sites excluding steroid dienone is 2. The van der Waals surface area contributed by atoms with Crippen LogP contribution in [0.5, 0.6) is 0 Å². The summed E-state index contributed by atoms with van der Waals surface area (Å²) in [6.07, 6.45) is 1.87. The molecule has 2 rings (SSSR count). The first kappa shape index (κ1) is 11.1. The van der Waals surface area contributed by atoms with Gasteiger partial charge >= 0.3 is 0 Å². The summed E-state index contributed by atoms with van der Waals surface area (Å²) in [7, 11) is 0. The van der Waals surface area contributed by atoms with Gasteiger partial charge in [-0.2, -0.15) is 0 Å². The molecular formula is C12H14OS. The number of thioether (sulfide) groups is 1. The van der Waals surface area contributed by atoms with Crippen molar-refractivity contribution in [3.63, 3.8) is 0 Å². The summed E-state index contributed by atoms with van der Waals surface area (Å²) in [5.41, 5.74) is 0.843. The summed E-state index contributed by atoms with van der Waals surface area (Å²) in [5, 5.41) is 0. The molecule has 0 aromatic heterocycles. The average molecular weight is 206 g/mol. The lowest BCUT2D eigenvalue weighted by Crippen LogP contribution is -1.92. The van der Waals surface area contributed by atoms with Crippen LogP contribution in [0.2, 0.25) is 0 Å². The van der Waals surface area contributed by atoms with Crippen molar-refractivity contribution in [2.24, 2.45) is 0 Å². The standard InChI is InChI=1S/C10H8OS.C2H6/c1-2-8-10(11)7-5-3-4-6-9(7)12-8;1-2/h2-6H,1H3;1-2H3/b8-2+;. The van der Waals surface area contributed by atoms with E-state index in [4.69, 9.17) is 0 Å². The van der Waals surface area contributed by atoms with Gasteiger partial charge in [0.1, 0.15) is 0 Å². The number of hydrogen-bond donors (Lipinski definition) is 0. The predicted molar refractivity (Wildman–Crippen MR) is 61.7 cm³/mol. The van der Waals surface area contributed by atoms with Crippen molar-refractivity contribution >= 4 is 17.5 Å². The highest BCUT2D eigenvalue weighted by molar-refractivity contribution is 8.04. The van der Waals surface area contributed by atoms with Crippen molar-refractivity contribution in [2.45, 2.75) is 25.7 Å². The van der Waals surface area contributed by atoms with E-state index in [9.17, 15) is 4.79 Å². The topological polar surface area (TPSA) is 17.1 Å². The molecule has 1 aliphatic rings. The number of carbonyl (C=O) groups is 1. The van der Waals surface area contributed by atoms with Gasteiger partial charge in [0.2, 0.25) is 0 Å². The molecule has 0 spiro atoms. The highest BCUT2D eigenvalue weighted by atomic mass is 32.2. The molecule has 0 saturated carbocycles. The van der Waals surface area contributed by atoms with E-state index in [0.29, 0.717) is 0 Å². The van der Waals surface area contributed by atoms with Crippen molar-refractivity contribution in [1.29, 1.82) is 0 Å². The van der Waals surface area contributed by atoms with Crippen LogP contribution in [-0.4, -0.2) is 5.78 Å². The number of hydrogen-bond acceptors (Lipinski definition) is 2. The van der Waals surface area contributed by atoms with Crippen LogP contribution in [0.4, 0.5) is 0 Å². The molecule has 1 aliphatic heterocycles. The van der Waals surface area contributed by atoms with Crippen LogP contribution in [0.15, 0.2) is 40.1 Å². The predicted octanol–water partition coefficient (Wildman–Crippen LogP) is 3.91. The number of fused-ring (bicyclic) bond motifs is 1. The summed E-state index contributed by atoms with van der Waals surface area (Å²) in [6, 6.07) is 7.71. The summed E-state index contributed by atoms with van der Waals surface area (Å²) in [6.45, 7) is 5.89. The molecular weight excluding hydrogens is 192 g/mol. The van der Waals surface area contributed by atoms with Crippen LogP contribution in [0, 0.1) is 0 Å². The van der Waals surface area contributed by atoms with Crippen molar-refractivity contribution in [3.05, 3.63) is 40.8 Å². The van der Waals surface area contributed by atoms with Gasteiger partial charge in [-0.25, -0.2) is 0 Å². The summed E-state index contributed by atoms with van der Waals surface area (Å²) in [5.74, 6) is 0.165. The van der Waals surface area contributed by atoms with Crippen LogP contribution in [0.25, 0.3) is 0 Å². The van der Waals surface area contributed by atoms with Crippen LogP contribution < -0.4 is 0 Å². The average Bonchev–Trinajstić information content (AvgIpc) is 2.59. The Morgan fingerprint density at radius 2 is 1.86 bits per heavy atom. The van der Waals surface area contributed by atoms with Gasteiger partial charge in [0, 0.05) is 10.5 Å². The Labute approximate surface area is 89.2 Å². The first-order valence-corrected chi connectivity index (χ1v) is 5.62.